The molecule has 0 aromatic carbocycles. The van der Waals surface area contributed by atoms with Crippen LogP contribution in [0.25, 0.3) is 0 Å². The minimum atomic E-state index is 0.284. The van der Waals surface area contributed by atoms with E-state index >= 15 is 0 Å². The van der Waals surface area contributed by atoms with E-state index in [4.69, 9.17) is 9.73 Å². The standard InChI is InChI=1S/C25H39NO/c1-5-8-17(2)11-12-25(4)15-23(25)22-14-19(22)9-6-7-10-20-16-27-24(26-20)21-13-18(21)3/h5,7,10,17-23H,1,6,8-9,11-16H2,2-4H3/b10-7-. The molecular weight excluding hydrogens is 330 g/mol. The summed E-state index contributed by atoms with van der Waals surface area (Å²) in [6.07, 6.45) is 17.6. The molecule has 0 saturated heterocycles. The highest BCUT2D eigenvalue weighted by atomic mass is 16.5. The van der Waals surface area contributed by atoms with Crippen molar-refractivity contribution in [3.05, 3.63) is 24.8 Å². The van der Waals surface area contributed by atoms with E-state index in [1.165, 1.54) is 51.4 Å². The highest BCUT2D eigenvalue weighted by Gasteiger charge is 2.59. The molecule has 2 nitrogen and oxygen atoms in total. The zero-order valence-corrected chi connectivity index (χ0v) is 17.7. The maximum atomic E-state index is 5.78. The number of nitrogens with zero attached hydrogens (tertiary/aromatic N) is 1. The molecule has 1 heterocycles. The molecule has 3 saturated carbocycles. The summed E-state index contributed by atoms with van der Waals surface area (Å²) in [6, 6.07) is 0.284. The molecular formula is C25H39NO. The number of hydrogen-bond acceptors (Lipinski definition) is 2. The third-order valence-corrected chi connectivity index (χ3v) is 7.88. The van der Waals surface area contributed by atoms with Crippen molar-refractivity contribution in [2.45, 2.75) is 78.2 Å². The van der Waals surface area contributed by atoms with Crippen molar-refractivity contribution in [1.82, 2.24) is 0 Å². The second-order valence-electron chi connectivity index (χ2n) is 10.5. The van der Waals surface area contributed by atoms with E-state index in [1.807, 2.05) is 0 Å². The van der Waals surface area contributed by atoms with Gasteiger partial charge in [-0.05, 0) is 86.4 Å². The fourth-order valence-corrected chi connectivity index (χ4v) is 5.41. The Morgan fingerprint density at radius 2 is 2.19 bits per heavy atom. The molecule has 0 radical (unpaired) electrons. The molecule has 8 atom stereocenters. The van der Waals surface area contributed by atoms with Crippen LogP contribution in [-0.4, -0.2) is 18.5 Å². The summed E-state index contributed by atoms with van der Waals surface area (Å²) in [6.45, 7) is 11.9. The zero-order valence-electron chi connectivity index (χ0n) is 17.7. The van der Waals surface area contributed by atoms with Crippen molar-refractivity contribution in [2.24, 2.45) is 45.9 Å². The third kappa shape index (κ3) is 4.69. The Balaban J connectivity index is 1.11. The highest BCUT2D eigenvalue weighted by molar-refractivity contribution is 5.83. The van der Waals surface area contributed by atoms with Crippen LogP contribution in [0.4, 0.5) is 0 Å². The smallest absolute Gasteiger partial charge is 0.187 e. The van der Waals surface area contributed by atoms with Crippen molar-refractivity contribution in [3.8, 4) is 0 Å². The third-order valence-electron chi connectivity index (χ3n) is 7.88. The van der Waals surface area contributed by atoms with E-state index < -0.39 is 0 Å². The molecule has 27 heavy (non-hydrogen) atoms. The van der Waals surface area contributed by atoms with Gasteiger partial charge in [-0.3, -0.25) is 0 Å². The van der Waals surface area contributed by atoms with Gasteiger partial charge in [0.05, 0.1) is 0 Å². The Labute approximate surface area is 166 Å². The van der Waals surface area contributed by atoms with Crippen LogP contribution in [0.15, 0.2) is 29.8 Å². The Hall–Kier alpha value is -1.05. The van der Waals surface area contributed by atoms with Crippen LogP contribution in [0.1, 0.15) is 72.1 Å². The molecule has 0 amide bonds. The molecule has 2 heteroatoms. The van der Waals surface area contributed by atoms with Crippen LogP contribution in [0.5, 0.6) is 0 Å². The molecule has 8 unspecified atom stereocenters. The van der Waals surface area contributed by atoms with Crippen LogP contribution < -0.4 is 0 Å². The normalized spacial score (nSPS) is 43.3. The van der Waals surface area contributed by atoms with E-state index in [0.717, 1.165) is 42.1 Å². The van der Waals surface area contributed by atoms with E-state index in [1.54, 1.807) is 0 Å². The van der Waals surface area contributed by atoms with Gasteiger partial charge in [0.1, 0.15) is 12.6 Å². The van der Waals surface area contributed by atoms with Gasteiger partial charge in [0.25, 0.3) is 0 Å². The van der Waals surface area contributed by atoms with Gasteiger partial charge in [-0.25, -0.2) is 4.99 Å². The maximum Gasteiger partial charge on any atom is 0.187 e. The van der Waals surface area contributed by atoms with Gasteiger partial charge in [0, 0.05) is 5.92 Å². The Morgan fingerprint density at radius 3 is 2.93 bits per heavy atom. The minimum Gasteiger partial charge on any atom is -0.478 e. The van der Waals surface area contributed by atoms with Crippen LogP contribution >= 0.6 is 0 Å². The minimum absolute atomic E-state index is 0.284. The fourth-order valence-electron chi connectivity index (χ4n) is 5.41. The lowest BCUT2D eigenvalue weighted by atomic mass is 9.91. The topological polar surface area (TPSA) is 21.6 Å². The predicted molar refractivity (Wildman–Crippen MR) is 114 cm³/mol. The molecule has 0 spiro atoms. The molecule has 3 fully saturated rings. The van der Waals surface area contributed by atoms with Gasteiger partial charge in [0.2, 0.25) is 0 Å². The molecule has 0 N–H and O–H groups in total. The number of rotatable bonds is 11. The highest BCUT2D eigenvalue weighted by Crippen LogP contribution is 2.67. The summed E-state index contributed by atoms with van der Waals surface area (Å²) < 4.78 is 5.78. The Bertz CT molecular complexity index is 607. The first-order valence-electron chi connectivity index (χ1n) is 11.5. The first kappa shape index (κ1) is 19.3. The van der Waals surface area contributed by atoms with Crippen LogP contribution in [0, 0.1) is 40.9 Å². The number of hydrogen-bond donors (Lipinski definition) is 0. The van der Waals surface area contributed by atoms with E-state index in [9.17, 15) is 0 Å². The number of allylic oxidation sites excluding steroid dienone is 2. The molecule has 4 aliphatic rings. The first-order chi connectivity index (χ1) is 13.0. The molecule has 3 aliphatic carbocycles. The lowest BCUT2D eigenvalue weighted by molar-refractivity contribution is 0.319. The Morgan fingerprint density at radius 1 is 1.37 bits per heavy atom. The summed E-state index contributed by atoms with van der Waals surface area (Å²) in [5, 5.41) is 0. The van der Waals surface area contributed by atoms with Gasteiger partial charge in [0.15, 0.2) is 5.90 Å². The Kier molecular flexibility index (Phi) is 5.54. The lowest BCUT2D eigenvalue weighted by Crippen LogP contribution is -2.04. The molecule has 150 valence electrons. The van der Waals surface area contributed by atoms with Crippen molar-refractivity contribution in [3.63, 3.8) is 0 Å². The molecule has 0 aromatic heterocycles. The van der Waals surface area contributed by atoms with Gasteiger partial charge >= 0.3 is 0 Å². The summed E-state index contributed by atoms with van der Waals surface area (Å²) in [5.74, 6) is 6.33. The second-order valence-corrected chi connectivity index (χ2v) is 10.5. The fraction of sp³-hybridized carbons (Fsp3) is 0.800. The summed E-state index contributed by atoms with van der Waals surface area (Å²) in [7, 11) is 0. The average molecular weight is 370 g/mol. The molecule has 0 aromatic rings. The van der Waals surface area contributed by atoms with Crippen molar-refractivity contribution >= 4 is 5.90 Å². The first-order valence-corrected chi connectivity index (χ1v) is 11.5. The zero-order chi connectivity index (χ0) is 19.0. The monoisotopic (exact) mass is 369 g/mol. The molecule has 0 bridgehead atoms. The lowest BCUT2D eigenvalue weighted by Gasteiger charge is -2.14. The van der Waals surface area contributed by atoms with Crippen LogP contribution in [-0.2, 0) is 4.74 Å². The number of ether oxygens (including phenoxy) is 1. The van der Waals surface area contributed by atoms with Gasteiger partial charge < -0.3 is 4.74 Å². The van der Waals surface area contributed by atoms with Crippen LogP contribution in [0.3, 0.4) is 0 Å². The van der Waals surface area contributed by atoms with Crippen LogP contribution in [0.2, 0.25) is 0 Å². The van der Waals surface area contributed by atoms with Crippen molar-refractivity contribution < 1.29 is 4.74 Å². The summed E-state index contributed by atoms with van der Waals surface area (Å²) in [5.41, 5.74) is 0.664. The maximum absolute atomic E-state index is 5.78. The summed E-state index contributed by atoms with van der Waals surface area (Å²) in [4.78, 5) is 4.75. The molecule has 1 aliphatic heterocycles. The largest absolute Gasteiger partial charge is 0.478 e. The second kappa shape index (κ2) is 7.76. The van der Waals surface area contributed by atoms with Crippen molar-refractivity contribution in [2.75, 3.05) is 6.61 Å². The van der Waals surface area contributed by atoms with Gasteiger partial charge in [-0.15, -0.1) is 6.58 Å². The van der Waals surface area contributed by atoms with Crippen molar-refractivity contribution in [1.29, 1.82) is 0 Å². The predicted octanol–water partition coefficient (Wildman–Crippen LogP) is 6.43. The van der Waals surface area contributed by atoms with Gasteiger partial charge in [-0.1, -0.05) is 39.0 Å². The molecule has 4 rings (SSSR count). The SMILES string of the molecule is C=CCC(C)CCC1(C)CC1C1CC1CC/C=C\C1COC(C2CC2C)=N1. The number of aliphatic imine (C=N–C) groups is 1. The van der Waals surface area contributed by atoms with E-state index in [2.05, 4.69) is 45.6 Å². The van der Waals surface area contributed by atoms with Gasteiger partial charge in [-0.2, -0.15) is 0 Å². The quantitative estimate of drug-likeness (QED) is 0.384. The summed E-state index contributed by atoms with van der Waals surface area (Å²) >= 11 is 0. The average Bonchev–Trinajstić information content (AvgIpc) is 3.58. The van der Waals surface area contributed by atoms with E-state index in [-0.39, 0.29) is 6.04 Å². The van der Waals surface area contributed by atoms with E-state index in [0.29, 0.717) is 11.3 Å².